The number of halogens is 1. The first kappa shape index (κ1) is 18.9. The largest absolute Gasteiger partial charge is 0.497 e. The average Bonchev–Trinajstić information content (AvgIpc) is 3.17. The fourth-order valence-corrected chi connectivity index (χ4v) is 2.86. The van der Waals surface area contributed by atoms with Crippen molar-refractivity contribution in [2.45, 2.75) is 18.3 Å². The molecule has 0 aliphatic carbocycles. The van der Waals surface area contributed by atoms with Crippen molar-refractivity contribution in [3.8, 4) is 11.5 Å². The normalized spacial score (nSPS) is 11.8. The molecule has 3 aromatic rings. The van der Waals surface area contributed by atoms with Crippen LogP contribution >= 0.6 is 11.8 Å². The molecule has 0 spiro atoms. The molecule has 0 radical (unpaired) electrons. The van der Waals surface area contributed by atoms with Gasteiger partial charge in [-0.25, -0.2) is 4.39 Å². The number of nitrogens with zero attached hydrogens (tertiary/aromatic N) is 2. The van der Waals surface area contributed by atoms with Crippen molar-refractivity contribution in [3.63, 3.8) is 0 Å². The van der Waals surface area contributed by atoms with Gasteiger partial charge in [0.1, 0.15) is 17.3 Å². The Balaban J connectivity index is 1.55. The first-order valence-electron chi connectivity index (χ1n) is 8.11. The maximum Gasteiger partial charge on any atom is 0.277 e. The summed E-state index contributed by atoms with van der Waals surface area (Å²) >= 11 is 1.15. The maximum absolute atomic E-state index is 12.9. The fraction of sp³-hybridized carbons (Fsp3) is 0.211. The number of carbonyl (C=O) groups is 1. The van der Waals surface area contributed by atoms with Crippen LogP contribution in [0.5, 0.6) is 11.5 Å². The van der Waals surface area contributed by atoms with Crippen LogP contribution in [0.2, 0.25) is 0 Å². The summed E-state index contributed by atoms with van der Waals surface area (Å²) in [4.78, 5) is 12.2. The van der Waals surface area contributed by atoms with Crippen molar-refractivity contribution in [3.05, 3.63) is 65.8 Å². The first-order chi connectivity index (χ1) is 13.0. The molecule has 140 valence electrons. The molecule has 0 amide bonds. The molecule has 0 fully saturated rings. The third kappa shape index (κ3) is 5.07. The standard InChI is InChI=1S/C19H17FN2O4S/c1-12(25-16-9-5-14(20)6-10-16)18-21-22-19(26-18)27-11-17(23)13-3-7-15(24-2)8-4-13/h3-10,12H,11H2,1-2H3/t12-/m0/s1. The van der Waals surface area contributed by atoms with Gasteiger partial charge in [-0.05, 0) is 55.5 Å². The Kier molecular flexibility index (Phi) is 6.08. The number of methoxy groups -OCH3 is 1. The zero-order valence-corrected chi connectivity index (χ0v) is 15.5. The van der Waals surface area contributed by atoms with Crippen LogP contribution < -0.4 is 9.47 Å². The van der Waals surface area contributed by atoms with Gasteiger partial charge in [0, 0.05) is 5.56 Å². The summed E-state index contributed by atoms with van der Waals surface area (Å²) in [6.45, 7) is 1.74. The van der Waals surface area contributed by atoms with E-state index >= 15 is 0 Å². The zero-order chi connectivity index (χ0) is 19.2. The maximum atomic E-state index is 12.9. The van der Waals surface area contributed by atoms with E-state index in [2.05, 4.69) is 10.2 Å². The summed E-state index contributed by atoms with van der Waals surface area (Å²) in [5.41, 5.74) is 0.580. The van der Waals surface area contributed by atoms with E-state index in [1.54, 1.807) is 38.3 Å². The molecule has 2 aromatic carbocycles. The van der Waals surface area contributed by atoms with E-state index in [1.165, 1.54) is 24.3 Å². The second-order valence-corrected chi connectivity index (χ2v) is 6.49. The van der Waals surface area contributed by atoms with Gasteiger partial charge < -0.3 is 13.9 Å². The number of benzene rings is 2. The monoisotopic (exact) mass is 388 g/mol. The molecule has 6 nitrogen and oxygen atoms in total. The molecule has 0 bridgehead atoms. The number of hydrogen-bond acceptors (Lipinski definition) is 7. The highest BCUT2D eigenvalue weighted by molar-refractivity contribution is 7.99. The van der Waals surface area contributed by atoms with Crippen LogP contribution in [0.4, 0.5) is 4.39 Å². The highest BCUT2D eigenvalue weighted by Crippen LogP contribution is 2.24. The summed E-state index contributed by atoms with van der Waals surface area (Å²) in [5, 5.41) is 8.14. The SMILES string of the molecule is COc1ccc(C(=O)CSc2nnc([C@H](C)Oc3ccc(F)cc3)o2)cc1. The lowest BCUT2D eigenvalue weighted by Crippen LogP contribution is -2.03. The molecule has 0 saturated carbocycles. The van der Waals surface area contributed by atoms with Gasteiger partial charge in [0.25, 0.3) is 11.1 Å². The lowest BCUT2D eigenvalue weighted by Gasteiger charge is -2.10. The van der Waals surface area contributed by atoms with E-state index in [1.807, 2.05) is 0 Å². The first-order valence-corrected chi connectivity index (χ1v) is 9.09. The zero-order valence-electron chi connectivity index (χ0n) is 14.7. The van der Waals surface area contributed by atoms with Crippen LogP contribution in [0.3, 0.4) is 0 Å². The Morgan fingerprint density at radius 1 is 1.11 bits per heavy atom. The third-order valence-corrected chi connectivity index (χ3v) is 4.45. The van der Waals surface area contributed by atoms with E-state index in [-0.39, 0.29) is 28.5 Å². The van der Waals surface area contributed by atoms with E-state index in [9.17, 15) is 9.18 Å². The van der Waals surface area contributed by atoms with Crippen LogP contribution in [0.25, 0.3) is 0 Å². The Labute approximate surface area is 159 Å². The van der Waals surface area contributed by atoms with Crippen LogP contribution in [0, 0.1) is 5.82 Å². The van der Waals surface area contributed by atoms with Crippen LogP contribution in [0.15, 0.2) is 58.2 Å². The fourth-order valence-electron chi connectivity index (χ4n) is 2.20. The van der Waals surface area contributed by atoms with E-state index < -0.39 is 6.10 Å². The van der Waals surface area contributed by atoms with Gasteiger partial charge in [-0.2, -0.15) is 0 Å². The van der Waals surface area contributed by atoms with Gasteiger partial charge >= 0.3 is 0 Å². The molecule has 0 unspecified atom stereocenters. The van der Waals surface area contributed by atoms with Crippen LogP contribution in [0.1, 0.15) is 29.3 Å². The van der Waals surface area contributed by atoms with E-state index in [0.717, 1.165) is 11.8 Å². The average molecular weight is 388 g/mol. The van der Waals surface area contributed by atoms with Gasteiger partial charge in [0.05, 0.1) is 12.9 Å². The molecule has 1 atom stereocenters. The van der Waals surface area contributed by atoms with Crippen molar-refractivity contribution in [1.29, 1.82) is 0 Å². The van der Waals surface area contributed by atoms with Gasteiger partial charge in [-0.1, -0.05) is 11.8 Å². The predicted octanol–water partition coefficient (Wildman–Crippen LogP) is 4.33. The smallest absolute Gasteiger partial charge is 0.277 e. The minimum absolute atomic E-state index is 0.0574. The van der Waals surface area contributed by atoms with Gasteiger partial charge in [-0.15, -0.1) is 10.2 Å². The number of rotatable bonds is 8. The number of ether oxygens (including phenoxy) is 2. The lowest BCUT2D eigenvalue weighted by atomic mass is 10.1. The third-order valence-electron chi connectivity index (χ3n) is 3.64. The highest BCUT2D eigenvalue weighted by Gasteiger charge is 2.17. The van der Waals surface area contributed by atoms with Gasteiger partial charge in [0.15, 0.2) is 11.9 Å². The Morgan fingerprint density at radius 2 is 1.78 bits per heavy atom. The summed E-state index contributed by atoms with van der Waals surface area (Å²) in [5.74, 6) is 1.23. The second-order valence-electron chi connectivity index (χ2n) is 5.56. The van der Waals surface area contributed by atoms with Gasteiger partial charge in [-0.3, -0.25) is 4.79 Å². The molecule has 3 rings (SSSR count). The van der Waals surface area contributed by atoms with E-state index in [4.69, 9.17) is 13.9 Å². The quantitative estimate of drug-likeness (QED) is 0.420. The number of aromatic nitrogens is 2. The Morgan fingerprint density at radius 3 is 2.44 bits per heavy atom. The molecule has 0 aliphatic heterocycles. The predicted molar refractivity (Wildman–Crippen MR) is 97.8 cm³/mol. The minimum atomic E-state index is -0.505. The second kappa shape index (κ2) is 8.68. The van der Waals surface area contributed by atoms with Crippen LogP contribution in [-0.2, 0) is 0 Å². The van der Waals surface area contributed by atoms with Crippen molar-refractivity contribution >= 4 is 17.5 Å². The lowest BCUT2D eigenvalue weighted by molar-refractivity contribution is 0.102. The Bertz CT molecular complexity index is 897. The number of hydrogen-bond donors (Lipinski definition) is 0. The summed E-state index contributed by atoms with van der Waals surface area (Å²) in [6.07, 6.45) is -0.505. The number of ketones is 1. The van der Waals surface area contributed by atoms with Crippen molar-refractivity contribution in [1.82, 2.24) is 10.2 Å². The molecule has 27 heavy (non-hydrogen) atoms. The Hall–Kier alpha value is -2.87. The van der Waals surface area contributed by atoms with Gasteiger partial charge in [0.2, 0.25) is 0 Å². The highest BCUT2D eigenvalue weighted by atomic mass is 32.2. The molecule has 0 aliphatic rings. The van der Waals surface area contributed by atoms with Crippen molar-refractivity contribution in [2.24, 2.45) is 0 Å². The molecule has 0 N–H and O–H groups in total. The summed E-state index contributed by atoms with van der Waals surface area (Å²) < 4.78 is 29.2. The van der Waals surface area contributed by atoms with E-state index in [0.29, 0.717) is 17.1 Å². The minimum Gasteiger partial charge on any atom is -0.497 e. The molecule has 0 saturated heterocycles. The number of carbonyl (C=O) groups excluding carboxylic acids is 1. The number of Topliss-reactive ketones (excluding diaryl/α,β-unsaturated/α-hetero) is 1. The molecular weight excluding hydrogens is 371 g/mol. The van der Waals surface area contributed by atoms with Crippen molar-refractivity contribution in [2.75, 3.05) is 12.9 Å². The molecule has 8 heteroatoms. The number of thioether (sulfide) groups is 1. The van der Waals surface area contributed by atoms with Crippen molar-refractivity contribution < 1.29 is 23.1 Å². The molecule has 1 heterocycles. The van der Waals surface area contributed by atoms with Crippen LogP contribution in [-0.4, -0.2) is 28.8 Å². The summed E-state index contributed by atoms with van der Waals surface area (Å²) in [7, 11) is 1.57. The summed E-state index contributed by atoms with van der Waals surface area (Å²) in [6, 6.07) is 12.5. The molecular formula is C19H17FN2O4S. The molecule has 1 aromatic heterocycles. The topological polar surface area (TPSA) is 74.5 Å².